The molecule has 4 aliphatic rings. The molecular formula is C19H25BrN2O2. The summed E-state index contributed by atoms with van der Waals surface area (Å²) >= 11 is 4.03. The van der Waals surface area contributed by atoms with Crippen LogP contribution >= 0.6 is 15.9 Å². The van der Waals surface area contributed by atoms with Gasteiger partial charge < -0.3 is 9.64 Å². The first-order valence-electron chi connectivity index (χ1n) is 8.86. The van der Waals surface area contributed by atoms with Gasteiger partial charge >= 0.3 is 0 Å². The minimum atomic E-state index is 0.180. The van der Waals surface area contributed by atoms with Crippen LogP contribution in [0.4, 0.5) is 5.69 Å². The largest absolute Gasteiger partial charge is 0.480 e. The molecule has 5 rings (SSSR count). The maximum Gasteiger partial charge on any atom is 0.237 e. The Bertz CT molecular complexity index is 649. The van der Waals surface area contributed by atoms with Crippen molar-refractivity contribution in [3.05, 3.63) is 18.3 Å². The quantitative estimate of drug-likeness (QED) is 0.721. The van der Waals surface area contributed by atoms with E-state index in [1.807, 2.05) is 19.2 Å². The summed E-state index contributed by atoms with van der Waals surface area (Å²) in [6.07, 6.45) is 9.89. The van der Waals surface area contributed by atoms with E-state index in [4.69, 9.17) is 4.74 Å². The van der Waals surface area contributed by atoms with E-state index >= 15 is 0 Å². The highest BCUT2D eigenvalue weighted by atomic mass is 79.9. The van der Waals surface area contributed by atoms with E-state index in [1.54, 1.807) is 18.2 Å². The molecule has 0 aliphatic heterocycles. The summed E-state index contributed by atoms with van der Waals surface area (Å²) in [5.41, 5.74) is 0.942. The number of rotatable bonds is 4. The number of nitrogens with zero attached hydrogens (tertiary/aromatic N) is 2. The fraction of sp³-hybridized carbons (Fsp3) is 0.684. The molecule has 24 heavy (non-hydrogen) atoms. The second-order valence-electron chi connectivity index (χ2n) is 8.27. The molecule has 0 saturated heterocycles. The molecular weight excluding hydrogens is 368 g/mol. The minimum Gasteiger partial charge on any atom is -0.480 e. The Balaban J connectivity index is 1.54. The van der Waals surface area contributed by atoms with Gasteiger partial charge in [0.2, 0.25) is 11.8 Å². The number of anilines is 1. The Morgan fingerprint density at radius 3 is 2.71 bits per heavy atom. The molecule has 4 nitrogen and oxygen atoms in total. The van der Waals surface area contributed by atoms with Crippen LogP contribution in [0.1, 0.15) is 44.9 Å². The monoisotopic (exact) mass is 392 g/mol. The van der Waals surface area contributed by atoms with Gasteiger partial charge in [-0.15, -0.1) is 0 Å². The van der Waals surface area contributed by atoms with E-state index in [2.05, 4.69) is 20.9 Å². The highest BCUT2D eigenvalue weighted by Gasteiger charge is 2.57. The van der Waals surface area contributed by atoms with Gasteiger partial charge in [0.25, 0.3) is 0 Å². The van der Waals surface area contributed by atoms with Crippen molar-refractivity contribution < 1.29 is 9.53 Å². The Morgan fingerprint density at radius 1 is 1.38 bits per heavy atom. The number of amides is 1. The third kappa shape index (κ3) is 2.75. The van der Waals surface area contributed by atoms with Crippen LogP contribution in [0.25, 0.3) is 0 Å². The first-order chi connectivity index (χ1) is 11.4. The maximum absolute atomic E-state index is 13.0. The highest BCUT2D eigenvalue weighted by Crippen LogP contribution is 2.65. The van der Waals surface area contributed by atoms with Crippen LogP contribution in [0.15, 0.2) is 18.3 Å². The average molecular weight is 393 g/mol. The number of ether oxygens (including phenoxy) is 1. The number of hydrogen-bond acceptors (Lipinski definition) is 3. The van der Waals surface area contributed by atoms with Crippen LogP contribution in [0.5, 0.6) is 5.88 Å². The molecule has 2 atom stereocenters. The molecule has 1 heterocycles. The van der Waals surface area contributed by atoms with Crippen molar-refractivity contribution in [2.24, 2.45) is 17.3 Å². The Morgan fingerprint density at radius 2 is 2.08 bits per heavy atom. The minimum absolute atomic E-state index is 0.180. The highest BCUT2D eigenvalue weighted by molar-refractivity contribution is 9.10. The normalized spacial score (nSPS) is 36.6. The van der Waals surface area contributed by atoms with Crippen molar-refractivity contribution in [3.63, 3.8) is 0 Å². The molecule has 0 radical (unpaired) electrons. The number of carbonyl (C=O) groups is 1. The summed E-state index contributed by atoms with van der Waals surface area (Å²) in [7, 11) is 3.43. The van der Waals surface area contributed by atoms with Gasteiger partial charge in [-0.2, -0.15) is 0 Å². The van der Waals surface area contributed by atoms with E-state index in [-0.39, 0.29) is 11.3 Å². The second-order valence-corrected chi connectivity index (χ2v) is 9.96. The molecule has 5 heteroatoms. The zero-order valence-corrected chi connectivity index (χ0v) is 16.0. The topological polar surface area (TPSA) is 42.4 Å². The lowest BCUT2D eigenvalue weighted by molar-refractivity contribution is -0.125. The molecule has 4 aliphatic carbocycles. The van der Waals surface area contributed by atoms with Gasteiger partial charge in [0.1, 0.15) is 5.69 Å². The van der Waals surface area contributed by atoms with E-state index < -0.39 is 0 Å². The standard InChI is InChI=1S/C19H25BrN2O2/c1-22(15-4-3-5-21-17(15)24-2)16(23)11-18-7-13-6-14(8-18)10-19(20,9-13)12-18/h3-5,13-14H,6-12H2,1-2H3. The molecule has 1 aromatic rings. The van der Waals surface area contributed by atoms with E-state index in [0.717, 1.165) is 23.9 Å². The first kappa shape index (κ1) is 16.4. The molecule has 4 fully saturated rings. The molecule has 4 saturated carbocycles. The van der Waals surface area contributed by atoms with Crippen molar-refractivity contribution >= 4 is 27.5 Å². The van der Waals surface area contributed by atoms with E-state index in [0.29, 0.717) is 16.6 Å². The molecule has 2 unspecified atom stereocenters. The van der Waals surface area contributed by atoms with Crippen molar-refractivity contribution in [1.82, 2.24) is 4.98 Å². The second kappa shape index (κ2) is 5.72. The van der Waals surface area contributed by atoms with E-state index in [9.17, 15) is 4.79 Å². The molecule has 0 N–H and O–H groups in total. The average Bonchev–Trinajstić information content (AvgIpc) is 2.51. The molecule has 130 valence electrons. The number of hydrogen-bond donors (Lipinski definition) is 0. The van der Waals surface area contributed by atoms with Crippen LogP contribution in [0.3, 0.4) is 0 Å². The fourth-order valence-corrected chi connectivity index (χ4v) is 7.42. The third-order valence-corrected chi connectivity index (χ3v) is 7.24. The fourth-order valence-electron chi connectivity index (χ4n) is 5.91. The summed E-state index contributed by atoms with van der Waals surface area (Å²) in [4.78, 5) is 19.0. The van der Waals surface area contributed by atoms with Crippen LogP contribution in [-0.2, 0) is 4.79 Å². The summed E-state index contributed by atoms with van der Waals surface area (Å²) in [5, 5.41) is 0. The van der Waals surface area contributed by atoms with Gasteiger partial charge in [0.15, 0.2) is 0 Å². The summed E-state index contributed by atoms with van der Waals surface area (Å²) in [6.45, 7) is 0. The Kier molecular flexibility index (Phi) is 3.90. The number of pyridine rings is 1. The summed E-state index contributed by atoms with van der Waals surface area (Å²) in [6, 6.07) is 3.75. The van der Waals surface area contributed by atoms with Gasteiger partial charge in [-0.3, -0.25) is 4.79 Å². The van der Waals surface area contributed by atoms with Crippen LogP contribution in [0.2, 0.25) is 0 Å². The summed E-state index contributed by atoms with van der Waals surface area (Å²) in [5.74, 6) is 2.29. The predicted molar refractivity (Wildman–Crippen MR) is 97.6 cm³/mol. The smallest absolute Gasteiger partial charge is 0.237 e. The number of halogens is 1. The van der Waals surface area contributed by atoms with Gasteiger partial charge in [-0.1, -0.05) is 15.9 Å². The van der Waals surface area contributed by atoms with Gasteiger partial charge in [-0.25, -0.2) is 4.98 Å². The number of aromatic nitrogens is 1. The SMILES string of the molecule is COc1ncccc1N(C)C(=O)CC12CC3CC(CC(Br)(C3)C1)C2. The van der Waals surface area contributed by atoms with Crippen molar-refractivity contribution in [3.8, 4) is 5.88 Å². The van der Waals surface area contributed by atoms with Crippen molar-refractivity contribution in [2.45, 2.75) is 49.3 Å². The third-order valence-electron chi connectivity index (χ3n) is 6.32. The van der Waals surface area contributed by atoms with Crippen molar-refractivity contribution in [2.75, 3.05) is 19.1 Å². The number of alkyl halides is 1. The Labute approximate surface area is 152 Å². The number of carbonyl (C=O) groups excluding carboxylic acids is 1. The zero-order chi connectivity index (χ0) is 16.9. The lowest BCUT2D eigenvalue weighted by atomic mass is 9.48. The predicted octanol–water partition coefficient (Wildman–Crippen LogP) is 4.18. The Hall–Kier alpha value is -1.10. The molecule has 1 amide bonds. The van der Waals surface area contributed by atoms with Crippen LogP contribution in [0, 0.1) is 17.3 Å². The van der Waals surface area contributed by atoms with Crippen molar-refractivity contribution in [1.29, 1.82) is 0 Å². The van der Waals surface area contributed by atoms with Crippen LogP contribution < -0.4 is 9.64 Å². The molecule has 0 aromatic carbocycles. The first-order valence-corrected chi connectivity index (χ1v) is 9.66. The lowest BCUT2D eigenvalue weighted by Crippen LogP contribution is -2.54. The molecule has 0 spiro atoms. The van der Waals surface area contributed by atoms with Gasteiger partial charge in [0.05, 0.1) is 7.11 Å². The maximum atomic E-state index is 13.0. The van der Waals surface area contributed by atoms with E-state index in [1.165, 1.54) is 32.1 Å². The molecule has 1 aromatic heterocycles. The van der Waals surface area contributed by atoms with Crippen LogP contribution in [-0.4, -0.2) is 29.4 Å². The zero-order valence-electron chi connectivity index (χ0n) is 14.4. The lowest BCUT2D eigenvalue weighted by Gasteiger charge is -2.60. The van der Waals surface area contributed by atoms with Gasteiger partial charge in [-0.05, 0) is 67.9 Å². The number of methoxy groups -OCH3 is 1. The van der Waals surface area contributed by atoms with Gasteiger partial charge in [0, 0.05) is 24.0 Å². The molecule has 4 bridgehead atoms. The summed E-state index contributed by atoms with van der Waals surface area (Å²) < 4.78 is 5.61.